The van der Waals surface area contributed by atoms with Crippen molar-refractivity contribution in [2.24, 2.45) is 0 Å². The van der Waals surface area contributed by atoms with Crippen LogP contribution in [0.15, 0.2) is 36.9 Å². The van der Waals surface area contributed by atoms with Crippen molar-refractivity contribution in [2.75, 3.05) is 13.1 Å². The van der Waals surface area contributed by atoms with Gasteiger partial charge in [-0.2, -0.15) is 0 Å². The van der Waals surface area contributed by atoms with Crippen molar-refractivity contribution in [3.8, 4) is 5.88 Å². The third-order valence-electron chi connectivity index (χ3n) is 3.74. The summed E-state index contributed by atoms with van der Waals surface area (Å²) >= 11 is 0. The van der Waals surface area contributed by atoms with Gasteiger partial charge in [0.05, 0.1) is 12.1 Å². The number of amides is 1. The zero-order valence-electron chi connectivity index (χ0n) is 12.5. The van der Waals surface area contributed by atoms with E-state index in [0.29, 0.717) is 18.0 Å². The second-order valence-corrected chi connectivity index (χ2v) is 5.32. The minimum Gasteiger partial charge on any atom is -0.472 e. The van der Waals surface area contributed by atoms with Crippen molar-refractivity contribution in [1.29, 1.82) is 0 Å². The number of aromatic nitrogens is 3. The van der Waals surface area contributed by atoms with Gasteiger partial charge in [0, 0.05) is 30.7 Å². The van der Waals surface area contributed by atoms with Gasteiger partial charge in [-0.05, 0) is 31.9 Å². The molecule has 1 atom stereocenters. The monoisotopic (exact) mass is 298 g/mol. The van der Waals surface area contributed by atoms with E-state index in [4.69, 9.17) is 4.74 Å². The largest absolute Gasteiger partial charge is 0.472 e. The van der Waals surface area contributed by atoms with Crippen LogP contribution in [-0.2, 0) is 0 Å². The topological polar surface area (TPSA) is 68.2 Å². The van der Waals surface area contributed by atoms with Crippen LogP contribution < -0.4 is 4.74 Å². The third kappa shape index (κ3) is 3.21. The van der Waals surface area contributed by atoms with Crippen LogP contribution in [-0.4, -0.2) is 45.0 Å². The molecule has 1 unspecified atom stereocenters. The molecule has 0 aliphatic carbocycles. The van der Waals surface area contributed by atoms with E-state index in [1.54, 1.807) is 24.5 Å². The summed E-state index contributed by atoms with van der Waals surface area (Å²) < 4.78 is 5.84. The van der Waals surface area contributed by atoms with Crippen molar-refractivity contribution in [3.05, 3.63) is 48.2 Å². The van der Waals surface area contributed by atoms with Crippen LogP contribution >= 0.6 is 0 Å². The minimum absolute atomic E-state index is 0.0154. The number of rotatable bonds is 3. The van der Waals surface area contributed by atoms with Gasteiger partial charge in [0.2, 0.25) is 5.88 Å². The second-order valence-electron chi connectivity index (χ2n) is 5.32. The molecule has 0 radical (unpaired) electrons. The third-order valence-corrected chi connectivity index (χ3v) is 3.74. The van der Waals surface area contributed by atoms with E-state index in [9.17, 15) is 4.79 Å². The quantitative estimate of drug-likeness (QED) is 0.865. The second kappa shape index (κ2) is 6.51. The van der Waals surface area contributed by atoms with Gasteiger partial charge in [-0.15, -0.1) is 0 Å². The Bertz CT molecular complexity index is 648. The minimum atomic E-state index is -0.0374. The fraction of sp³-hybridized carbons (Fsp3) is 0.375. The number of piperidine rings is 1. The summed E-state index contributed by atoms with van der Waals surface area (Å²) in [5.41, 5.74) is 1.41. The zero-order valence-corrected chi connectivity index (χ0v) is 12.5. The molecule has 6 heteroatoms. The molecule has 2 aromatic heterocycles. The first-order valence-corrected chi connectivity index (χ1v) is 7.37. The van der Waals surface area contributed by atoms with Crippen LogP contribution in [0.25, 0.3) is 0 Å². The molecule has 0 saturated carbocycles. The van der Waals surface area contributed by atoms with Gasteiger partial charge in [0.1, 0.15) is 12.4 Å². The molecular weight excluding hydrogens is 280 g/mol. The van der Waals surface area contributed by atoms with Gasteiger partial charge < -0.3 is 9.64 Å². The Morgan fingerprint density at radius 2 is 2.23 bits per heavy atom. The fourth-order valence-electron chi connectivity index (χ4n) is 2.62. The number of carbonyl (C=O) groups is 1. The van der Waals surface area contributed by atoms with Crippen molar-refractivity contribution in [3.63, 3.8) is 0 Å². The molecule has 0 spiro atoms. The van der Waals surface area contributed by atoms with Crippen LogP contribution in [0.2, 0.25) is 0 Å². The molecule has 0 aromatic carbocycles. The number of nitrogens with zero attached hydrogens (tertiary/aromatic N) is 4. The fourth-order valence-corrected chi connectivity index (χ4v) is 2.62. The van der Waals surface area contributed by atoms with Crippen molar-refractivity contribution in [2.45, 2.75) is 25.9 Å². The first-order chi connectivity index (χ1) is 10.7. The predicted molar refractivity (Wildman–Crippen MR) is 80.6 cm³/mol. The smallest absolute Gasteiger partial charge is 0.255 e. The average Bonchev–Trinajstić information content (AvgIpc) is 2.56. The molecule has 0 N–H and O–H groups in total. The zero-order chi connectivity index (χ0) is 15.4. The van der Waals surface area contributed by atoms with E-state index in [0.717, 1.165) is 25.1 Å². The Balaban J connectivity index is 1.68. The summed E-state index contributed by atoms with van der Waals surface area (Å²) in [5, 5.41) is 0. The van der Waals surface area contributed by atoms with E-state index in [1.807, 2.05) is 17.9 Å². The lowest BCUT2D eigenvalue weighted by molar-refractivity contribution is 0.0526. The van der Waals surface area contributed by atoms with Gasteiger partial charge in [0.25, 0.3) is 5.91 Å². The Morgan fingerprint density at radius 3 is 3.00 bits per heavy atom. The van der Waals surface area contributed by atoms with Crippen LogP contribution in [0.4, 0.5) is 0 Å². The van der Waals surface area contributed by atoms with Gasteiger partial charge in [-0.1, -0.05) is 0 Å². The first kappa shape index (κ1) is 14.4. The number of aryl methyl sites for hydroxylation is 1. The normalized spacial score (nSPS) is 18.0. The molecule has 22 heavy (non-hydrogen) atoms. The number of likely N-dealkylation sites (tertiary alicyclic amines) is 1. The number of pyridine rings is 1. The molecule has 1 amide bonds. The Hall–Kier alpha value is -2.50. The highest BCUT2D eigenvalue weighted by Crippen LogP contribution is 2.18. The first-order valence-electron chi connectivity index (χ1n) is 7.37. The number of hydrogen-bond donors (Lipinski definition) is 0. The molecule has 0 bridgehead atoms. The summed E-state index contributed by atoms with van der Waals surface area (Å²) in [6, 6.07) is 5.34. The Morgan fingerprint density at radius 1 is 1.32 bits per heavy atom. The van der Waals surface area contributed by atoms with Gasteiger partial charge in [0.15, 0.2) is 0 Å². The van der Waals surface area contributed by atoms with Gasteiger partial charge in [-0.3, -0.25) is 9.78 Å². The van der Waals surface area contributed by atoms with Crippen LogP contribution in [0.3, 0.4) is 0 Å². The number of hydrogen-bond acceptors (Lipinski definition) is 5. The van der Waals surface area contributed by atoms with E-state index >= 15 is 0 Å². The standard InChI is InChI=1S/C16H18N4O2/c1-12-14(5-2-7-18-12)16(21)20-9-3-4-13(10-20)22-15-6-8-17-11-19-15/h2,5-8,11,13H,3-4,9-10H2,1H3. The van der Waals surface area contributed by atoms with Crippen molar-refractivity contribution >= 4 is 5.91 Å². The molecule has 1 saturated heterocycles. The number of carbonyl (C=O) groups excluding carboxylic acids is 1. The molecule has 1 fully saturated rings. The summed E-state index contributed by atoms with van der Waals surface area (Å²) in [4.78, 5) is 26.6. The molecule has 2 aromatic rings. The van der Waals surface area contributed by atoms with E-state index < -0.39 is 0 Å². The van der Waals surface area contributed by atoms with Crippen LogP contribution in [0, 0.1) is 6.92 Å². The highest BCUT2D eigenvalue weighted by atomic mass is 16.5. The van der Waals surface area contributed by atoms with E-state index in [2.05, 4.69) is 15.0 Å². The highest BCUT2D eigenvalue weighted by Gasteiger charge is 2.26. The van der Waals surface area contributed by atoms with E-state index in [1.165, 1.54) is 6.33 Å². The molecule has 3 rings (SSSR count). The van der Waals surface area contributed by atoms with Gasteiger partial charge in [-0.25, -0.2) is 9.97 Å². The molecule has 114 valence electrons. The van der Waals surface area contributed by atoms with Crippen LogP contribution in [0.1, 0.15) is 28.9 Å². The molecule has 6 nitrogen and oxygen atoms in total. The lowest BCUT2D eigenvalue weighted by Gasteiger charge is -2.32. The Labute approximate surface area is 129 Å². The van der Waals surface area contributed by atoms with E-state index in [-0.39, 0.29) is 12.0 Å². The molecule has 1 aliphatic rings. The van der Waals surface area contributed by atoms with Crippen molar-refractivity contribution in [1.82, 2.24) is 19.9 Å². The summed E-state index contributed by atoms with van der Waals surface area (Å²) in [7, 11) is 0. The van der Waals surface area contributed by atoms with Crippen LogP contribution in [0.5, 0.6) is 5.88 Å². The van der Waals surface area contributed by atoms with Crippen molar-refractivity contribution < 1.29 is 9.53 Å². The maximum Gasteiger partial charge on any atom is 0.255 e. The van der Waals surface area contributed by atoms with Gasteiger partial charge >= 0.3 is 0 Å². The summed E-state index contributed by atoms with van der Waals surface area (Å²) in [6.07, 6.45) is 6.60. The lowest BCUT2D eigenvalue weighted by atomic mass is 10.1. The lowest BCUT2D eigenvalue weighted by Crippen LogP contribution is -2.44. The average molecular weight is 298 g/mol. The molecule has 3 heterocycles. The maximum atomic E-state index is 12.6. The number of ether oxygens (including phenoxy) is 1. The highest BCUT2D eigenvalue weighted by molar-refractivity contribution is 5.95. The SMILES string of the molecule is Cc1ncccc1C(=O)N1CCCC(Oc2ccncn2)C1. The Kier molecular flexibility index (Phi) is 4.27. The maximum absolute atomic E-state index is 12.6. The molecular formula is C16H18N4O2. The summed E-state index contributed by atoms with van der Waals surface area (Å²) in [5.74, 6) is 0.563. The summed E-state index contributed by atoms with van der Waals surface area (Å²) in [6.45, 7) is 3.17. The molecule has 1 aliphatic heterocycles. The predicted octanol–water partition coefficient (Wildman–Crippen LogP) is 1.86.